The number of amides is 1. The number of carbonyl (C=O) groups excluding carboxylic acids is 3. The number of tetrazole rings is 1. The number of pyridine rings is 1. The first-order valence-electron chi connectivity index (χ1n) is 13.3. The fraction of sp³-hybridized carbons (Fsp3) is 0.276. The number of methoxy groups -OCH3 is 1. The molecular formula is C29H29N7O5. The zero-order chi connectivity index (χ0) is 28.9. The number of hydrazine groups is 1. The van der Waals surface area contributed by atoms with E-state index in [0.29, 0.717) is 29.9 Å². The lowest BCUT2D eigenvalue weighted by Gasteiger charge is -2.35. The van der Waals surface area contributed by atoms with Crippen LogP contribution in [0.2, 0.25) is 0 Å². The minimum Gasteiger partial charge on any atom is -0.468 e. The van der Waals surface area contributed by atoms with Crippen LogP contribution in [0.15, 0.2) is 71.7 Å². The van der Waals surface area contributed by atoms with Gasteiger partial charge in [0, 0.05) is 30.8 Å². The minimum atomic E-state index is -0.588. The number of nitrogens with zero attached hydrogens (tertiary/aromatic N) is 6. The van der Waals surface area contributed by atoms with Gasteiger partial charge in [-0.05, 0) is 46.0 Å². The Kier molecular flexibility index (Phi) is 8.11. The van der Waals surface area contributed by atoms with Gasteiger partial charge in [0.05, 0.1) is 19.2 Å². The largest absolute Gasteiger partial charge is 0.468 e. The zero-order valence-electron chi connectivity index (χ0n) is 22.7. The molecule has 0 saturated carbocycles. The third-order valence-corrected chi connectivity index (χ3v) is 7.05. The molecule has 12 nitrogen and oxygen atoms in total. The number of hydrogen-bond acceptors (Lipinski definition) is 9. The Bertz CT molecular complexity index is 1610. The number of hydrogen-bond donors (Lipinski definition) is 1. The molecule has 210 valence electrons. The Morgan fingerprint density at radius 1 is 1.05 bits per heavy atom. The van der Waals surface area contributed by atoms with Crippen LogP contribution in [-0.2, 0) is 16.1 Å². The fourth-order valence-corrected chi connectivity index (χ4v) is 4.95. The average molecular weight is 556 g/mol. The van der Waals surface area contributed by atoms with E-state index in [1.807, 2.05) is 48.5 Å². The standard InChI is InChI=1S/C29H29N7O5/c1-3-26(38)36-27(31-32-33-36)23-8-5-4-7-22(23)20-12-10-19(11-13-20)18-35(28(39)21-14-15-25(37)30-17-21)34-16-6-9-24(34)29(40)41-2/h4-5,7-8,10-15,17,24H,3,6,9,16,18H2,1-2H3,(H,30,37). The number of aromatic amines is 1. The van der Waals surface area contributed by atoms with Crippen LogP contribution in [0, 0.1) is 0 Å². The van der Waals surface area contributed by atoms with E-state index in [9.17, 15) is 19.2 Å². The maximum absolute atomic E-state index is 13.6. The highest BCUT2D eigenvalue weighted by atomic mass is 16.5. The molecule has 1 aliphatic heterocycles. The molecule has 0 bridgehead atoms. The summed E-state index contributed by atoms with van der Waals surface area (Å²) in [5, 5.41) is 14.9. The topological polar surface area (TPSA) is 143 Å². The maximum atomic E-state index is 13.6. The number of esters is 1. The summed E-state index contributed by atoms with van der Waals surface area (Å²) in [5.74, 6) is -0.608. The first kappa shape index (κ1) is 27.6. The highest BCUT2D eigenvalue weighted by Crippen LogP contribution is 2.31. The fourth-order valence-electron chi connectivity index (χ4n) is 4.95. The Hall–Kier alpha value is -4.97. The molecule has 0 radical (unpaired) electrons. The smallest absolute Gasteiger partial charge is 0.324 e. The number of nitrogens with one attached hydrogen (secondary N) is 1. The van der Waals surface area contributed by atoms with Crippen LogP contribution in [0.5, 0.6) is 0 Å². The Morgan fingerprint density at radius 2 is 1.80 bits per heavy atom. The van der Waals surface area contributed by atoms with Gasteiger partial charge in [-0.25, -0.2) is 5.01 Å². The number of benzene rings is 2. The summed E-state index contributed by atoms with van der Waals surface area (Å²) in [6, 6.07) is 17.4. The molecule has 1 N–H and O–H groups in total. The van der Waals surface area contributed by atoms with Crippen LogP contribution in [0.1, 0.15) is 46.9 Å². The van der Waals surface area contributed by atoms with E-state index in [1.54, 1.807) is 11.9 Å². The van der Waals surface area contributed by atoms with E-state index in [4.69, 9.17) is 4.74 Å². The predicted octanol–water partition coefficient (Wildman–Crippen LogP) is 2.94. The van der Waals surface area contributed by atoms with Gasteiger partial charge in [0.2, 0.25) is 11.5 Å². The van der Waals surface area contributed by atoms with E-state index in [-0.39, 0.29) is 30.3 Å². The molecule has 12 heteroatoms. The molecule has 41 heavy (non-hydrogen) atoms. The average Bonchev–Trinajstić information content (AvgIpc) is 3.70. The van der Waals surface area contributed by atoms with Gasteiger partial charge < -0.3 is 9.72 Å². The van der Waals surface area contributed by atoms with Gasteiger partial charge in [0.25, 0.3) is 5.91 Å². The van der Waals surface area contributed by atoms with Crippen LogP contribution in [0.25, 0.3) is 22.5 Å². The van der Waals surface area contributed by atoms with Crippen molar-refractivity contribution in [2.24, 2.45) is 0 Å². The Labute approximate surface area is 235 Å². The van der Waals surface area contributed by atoms with Gasteiger partial charge in [0.1, 0.15) is 6.04 Å². The number of carbonyl (C=O) groups is 3. The summed E-state index contributed by atoms with van der Waals surface area (Å²) in [6.45, 7) is 2.45. The molecule has 0 aliphatic carbocycles. The van der Waals surface area contributed by atoms with E-state index < -0.39 is 12.0 Å². The highest BCUT2D eigenvalue weighted by Gasteiger charge is 2.38. The number of H-pyrrole nitrogens is 1. The van der Waals surface area contributed by atoms with E-state index in [2.05, 4.69) is 20.5 Å². The van der Waals surface area contributed by atoms with Crippen LogP contribution in [-0.4, -0.2) is 72.7 Å². The predicted molar refractivity (Wildman–Crippen MR) is 148 cm³/mol. The third kappa shape index (κ3) is 5.68. The van der Waals surface area contributed by atoms with Gasteiger partial charge in [-0.1, -0.05) is 55.5 Å². The lowest BCUT2D eigenvalue weighted by atomic mass is 9.98. The number of rotatable bonds is 8. The van der Waals surface area contributed by atoms with Crippen molar-refractivity contribution in [1.82, 2.24) is 35.2 Å². The normalized spacial score (nSPS) is 15.0. The van der Waals surface area contributed by atoms with Crippen molar-refractivity contribution in [2.45, 2.75) is 38.8 Å². The monoisotopic (exact) mass is 555 g/mol. The molecule has 1 fully saturated rings. The summed E-state index contributed by atoms with van der Waals surface area (Å²) >= 11 is 0. The molecule has 2 aromatic heterocycles. The molecule has 4 aromatic rings. The van der Waals surface area contributed by atoms with E-state index in [1.165, 1.54) is 35.1 Å². The molecular weight excluding hydrogens is 526 g/mol. The van der Waals surface area contributed by atoms with Crippen molar-refractivity contribution in [2.75, 3.05) is 13.7 Å². The summed E-state index contributed by atoms with van der Waals surface area (Å²) in [5.41, 5.74) is 3.22. The SMILES string of the molecule is CCC(=O)n1nnnc1-c1ccccc1-c1ccc(CN(C(=O)c2ccc(=O)[nH]c2)N2CCCC2C(=O)OC)cc1. The molecule has 2 aromatic carbocycles. The van der Waals surface area contributed by atoms with Crippen molar-refractivity contribution in [3.05, 3.63) is 88.3 Å². The van der Waals surface area contributed by atoms with E-state index in [0.717, 1.165) is 23.1 Å². The van der Waals surface area contributed by atoms with Crippen LogP contribution < -0.4 is 5.56 Å². The second kappa shape index (κ2) is 12.0. The lowest BCUT2D eigenvalue weighted by Crippen LogP contribution is -2.51. The quantitative estimate of drug-likeness (QED) is 0.256. The minimum absolute atomic E-state index is 0.191. The van der Waals surface area contributed by atoms with Gasteiger partial charge >= 0.3 is 5.97 Å². The lowest BCUT2D eigenvalue weighted by molar-refractivity contribution is -0.151. The molecule has 1 amide bonds. The molecule has 1 unspecified atom stereocenters. The van der Waals surface area contributed by atoms with Crippen molar-refractivity contribution in [3.8, 4) is 22.5 Å². The molecule has 1 saturated heterocycles. The van der Waals surface area contributed by atoms with Crippen LogP contribution in [0.3, 0.4) is 0 Å². The van der Waals surface area contributed by atoms with E-state index >= 15 is 0 Å². The zero-order valence-corrected chi connectivity index (χ0v) is 22.7. The highest BCUT2D eigenvalue weighted by molar-refractivity contribution is 5.94. The summed E-state index contributed by atoms with van der Waals surface area (Å²) in [4.78, 5) is 52.6. The molecule has 0 spiro atoms. The summed E-state index contributed by atoms with van der Waals surface area (Å²) in [7, 11) is 1.33. The first-order valence-corrected chi connectivity index (χ1v) is 13.3. The van der Waals surface area contributed by atoms with Gasteiger partial charge in [0.15, 0.2) is 5.82 Å². The maximum Gasteiger partial charge on any atom is 0.324 e. The number of aromatic nitrogens is 5. The van der Waals surface area contributed by atoms with Crippen molar-refractivity contribution < 1.29 is 19.1 Å². The van der Waals surface area contributed by atoms with Crippen molar-refractivity contribution in [3.63, 3.8) is 0 Å². The van der Waals surface area contributed by atoms with Crippen LogP contribution in [0.4, 0.5) is 0 Å². The van der Waals surface area contributed by atoms with Gasteiger partial charge in [-0.2, -0.15) is 4.68 Å². The van der Waals surface area contributed by atoms with Crippen molar-refractivity contribution >= 4 is 17.8 Å². The van der Waals surface area contributed by atoms with Crippen LogP contribution >= 0.6 is 0 Å². The summed E-state index contributed by atoms with van der Waals surface area (Å²) < 4.78 is 6.21. The summed E-state index contributed by atoms with van der Waals surface area (Å²) in [6.07, 6.45) is 2.93. The Balaban J connectivity index is 1.46. The van der Waals surface area contributed by atoms with Gasteiger partial charge in [-0.3, -0.25) is 24.2 Å². The van der Waals surface area contributed by atoms with Crippen molar-refractivity contribution in [1.29, 1.82) is 0 Å². The second-order valence-corrected chi connectivity index (χ2v) is 9.55. The molecule has 5 rings (SSSR count). The first-order chi connectivity index (χ1) is 19.9. The molecule has 1 aliphatic rings. The van der Waals surface area contributed by atoms with Gasteiger partial charge in [-0.15, -0.1) is 5.10 Å². The molecule has 3 heterocycles. The number of ether oxygens (including phenoxy) is 1. The second-order valence-electron chi connectivity index (χ2n) is 9.55. The third-order valence-electron chi connectivity index (χ3n) is 7.05. The Morgan fingerprint density at radius 3 is 2.49 bits per heavy atom. The molecule has 1 atom stereocenters.